The average Bonchev–Trinajstić information content (AvgIpc) is 3.15. The van der Waals surface area contributed by atoms with E-state index in [2.05, 4.69) is 55.3 Å². The molecule has 4 nitrogen and oxygen atoms in total. The summed E-state index contributed by atoms with van der Waals surface area (Å²) in [6.07, 6.45) is 2.36. The van der Waals surface area contributed by atoms with Crippen molar-refractivity contribution in [3.63, 3.8) is 0 Å². The molecule has 0 radical (unpaired) electrons. The Morgan fingerprint density at radius 1 is 1.12 bits per heavy atom. The highest BCUT2D eigenvalue weighted by molar-refractivity contribution is 5.92. The first kappa shape index (κ1) is 17.3. The Hall–Kier alpha value is -2.07. The SMILES string of the molecule is CC(C)c1ccc(-c2ccc(C(=O)N[C@@H]3C4CCN(CC4)[C@H]3C)o2)cc1. The van der Waals surface area contributed by atoms with E-state index in [0.717, 1.165) is 24.4 Å². The van der Waals surface area contributed by atoms with Crippen molar-refractivity contribution in [2.75, 3.05) is 13.1 Å². The number of hydrogen-bond donors (Lipinski definition) is 1. The van der Waals surface area contributed by atoms with Gasteiger partial charge in [-0.25, -0.2) is 0 Å². The van der Waals surface area contributed by atoms with Crippen LogP contribution >= 0.6 is 0 Å². The van der Waals surface area contributed by atoms with Gasteiger partial charge in [0.05, 0.1) is 0 Å². The van der Waals surface area contributed by atoms with Crippen LogP contribution in [0.5, 0.6) is 0 Å². The summed E-state index contributed by atoms with van der Waals surface area (Å²) in [6, 6.07) is 12.7. The van der Waals surface area contributed by atoms with Gasteiger partial charge in [0.2, 0.25) is 0 Å². The molecule has 26 heavy (non-hydrogen) atoms. The van der Waals surface area contributed by atoms with Gasteiger partial charge in [0.15, 0.2) is 5.76 Å². The lowest BCUT2D eigenvalue weighted by molar-refractivity contribution is 0.0211. The number of furan rings is 1. The van der Waals surface area contributed by atoms with E-state index < -0.39 is 0 Å². The maximum Gasteiger partial charge on any atom is 0.287 e. The number of carbonyl (C=O) groups excluding carboxylic acids is 1. The van der Waals surface area contributed by atoms with Crippen LogP contribution in [0.4, 0.5) is 0 Å². The fourth-order valence-electron chi connectivity index (χ4n) is 4.42. The molecule has 1 amide bonds. The average molecular weight is 352 g/mol. The summed E-state index contributed by atoms with van der Waals surface area (Å²) in [6.45, 7) is 8.91. The molecule has 2 atom stereocenters. The van der Waals surface area contributed by atoms with E-state index in [9.17, 15) is 4.79 Å². The number of fused-ring (bicyclic) bond motifs is 3. The van der Waals surface area contributed by atoms with Crippen molar-refractivity contribution in [2.24, 2.45) is 5.92 Å². The molecule has 5 rings (SSSR count). The summed E-state index contributed by atoms with van der Waals surface area (Å²) >= 11 is 0. The lowest BCUT2D eigenvalue weighted by Gasteiger charge is -2.49. The van der Waals surface area contributed by atoms with E-state index in [1.807, 2.05) is 6.07 Å². The van der Waals surface area contributed by atoms with Gasteiger partial charge in [-0.2, -0.15) is 0 Å². The first-order chi connectivity index (χ1) is 12.5. The fourth-order valence-corrected chi connectivity index (χ4v) is 4.42. The zero-order chi connectivity index (χ0) is 18.3. The summed E-state index contributed by atoms with van der Waals surface area (Å²) in [7, 11) is 0. The molecule has 1 aromatic heterocycles. The van der Waals surface area contributed by atoms with Crippen molar-refractivity contribution in [2.45, 2.75) is 51.6 Å². The molecule has 0 saturated carbocycles. The van der Waals surface area contributed by atoms with Crippen molar-refractivity contribution < 1.29 is 9.21 Å². The number of amides is 1. The van der Waals surface area contributed by atoms with Gasteiger partial charge in [0.25, 0.3) is 5.91 Å². The quantitative estimate of drug-likeness (QED) is 0.893. The highest BCUT2D eigenvalue weighted by Gasteiger charge is 2.40. The van der Waals surface area contributed by atoms with Gasteiger partial charge in [0.1, 0.15) is 5.76 Å². The number of hydrogen-bond acceptors (Lipinski definition) is 3. The van der Waals surface area contributed by atoms with Crippen molar-refractivity contribution >= 4 is 5.91 Å². The smallest absolute Gasteiger partial charge is 0.287 e. The standard InChI is InChI=1S/C22H28N2O2/c1-14(2)16-4-6-17(7-5-16)19-8-9-20(26-19)22(25)23-21-15(3)24-12-10-18(21)11-13-24/h4-9,14-15,18,21H,10-13H2,1-3H3,(H,23,25)/t15-,21-/m0/s1. The van der Waals surface area contributed by atoms with Gasteiger partial charge in [-0.3, -0.25) is 9.69 Å². The third-order valence-electron chi connectivity index (χ3n) is 6.17. The van der Waals surface area contributed by atoms with E-state index >= 15 is 0 Å². The monoisotopic (exact) mass is 352 g/mol. The van der Waals surface area contributed by atoms with Crippen LogP contribution in [0.25, 0.3) is 11.3 Å². The second-order valence-electron chi connectivity index (χ2n) is 8.05. The molecule has 138 valence electrons. The lowest BCUT2D eigenvalue weighted by Crippen LogP contribution is -2.62. The molecule has 4 heteroatoms. The normalized spacial score (nSPS) is 27.7. The molecule has 0 spiro atoms. The summed E-state index contributed by atoms with van der Waals surface area (Å²) in [5.74, 6) is 2.15. The Labute approximate surface area is 155 Å². The van der Waals surface area contributed by atoms with Gasteiger partial charge in [-0.1, -0.05) is 38.1 Å². The summed E-state index contributed by atoms with van der Waals surface area (Å²) < 4.78 is 5.86. The van der Waals surface area contributed by atoms with Gasteiger partial charge >= 0.3 is 0 Å². The number of carbonyl (C=O) groups is 1. The molecule has 2 aromatic rings. The highest BCUT2D eigenvalue weighted by atomic mass is 16.3. The van der Waals surface area contributed by atoms with Crippen LogP contribution in [0.1, 0.15) is 55.6 Å². The molecule has 0 unspecified atom stereocenters. The Morgan fingerprint density at radius 2 is 1.81 bits per heavy atom. The predicted octanol–water partition coefficient (Wildman–Crippen LogP) is 4.28. The van der Waals surface area contributed by atoms with Gasteiger partial charge in [0, 0.05) is 17.6 Å². The molecular formula is C22H28N2O2. The minimum absolute atomic E-state index is 0.0966. The molecule has 2 bridgehead atoms. The zero-order valence-corrected chi connectivity index (χ0v) is 15.9. The lowest BCUT2D eigenvalue weighted by atomic mass is 9.79. The summed E-state index contributed by atoms with van der Waals surface area (Å²) in [5.41, 5.74) is 2.30. The maximum atomic E-state index is 12.7. The Morgan fingerprint density at radius 3 is 2.42 bits per heavy atom. The van der Waals surface area contributed by atoms with E-state index in [1.54, 1.807) is 6.07 Å². The number of nitrogens with one attached hydrogen (secondary N) is 1. The second kappa shape index (κ2) is 6.92. The summed E-state index contributed by atoms with van der Waals surface area (Å²) in [5, 5.41) is 3.23. The van der Waals surface area contributed by atoms with Crippen molar-refractivity contribution in [1.29, 1.82) is 0 Å². The number of rotatable bonds is 4. The molecule has 1 aromatic carbocycles. The predicted molar refractivity (Wildman–Crippen MR) is 103 cm³/mol. The summed E-state index contributed by atoms with van der Waals surface area (Å²) in [4.78, 5) is 15.2. The molecule has 0 aliphatic carbocycles. The Kier molecular flexibility index (Phi) is 4.62. The Balaban J connectivity index is 1.46. The van der Waals surface area contributed by atoms with Crippen LogP contribution in [-0.2, 0) is 0 Å². The molecule has 4 heterocycles. The molecule has 1 N–H and O–H groups in total. The van der Waals surface area contributed by atoms with E-state index in [4.69, 9.17) is 4.42 Å². The first-order valence-corrected chi connectivity index (χ1v) is 9.78. The van der Waals surface area contributed by atoms with Crippen molar-refractivity contribution in [3.05, 3.63) is 47.7 Å². The maximum absolute atomic E-state index is 12.7. The van der Waals surface area contributed by atoms with Crippen molar-refractivity contribution in [1.82, 2.24) is 10.2 Å². The minimum Gasteiger partial charge on any atom is -0.451 e. The van der Waals surface area contributed by atoms with E-state index in [1.165, 1.54) is 18.4 Å². The van der Waals surface area contributed by atoms with Crippen LogP contribution in [-0.4, -0.2) is 36.0 Å². The number of piperidine rings is 3. The van der Waals surface area contributed by atoms with Crippen LogP contribution in [0, 0.1) is 5.92 Å². The minimum atomic E-state index is -0.0966. The van der Waals surface area contributed by atoms with Gasteiger partial charge in [-0.05, 0) is 62.4 Å². The van der Waals surface area contributed by atoms with Gasteiger partial charge in [-0.15, -0.1) is 0 Å². The van der Waals surface area contributed by atoms with Gasteiger partial charge < -0.3 is 9.73 Å². The van der Waals surface area contributed by atoms with E-state index in [-0.39, 0.29) is 11.9 Å². The zero-order valence-electron chi connectivity index (χ0n) is 15.9. The van der Waals surface area contributed by atoms with Crippen LogP contribution in [0.2, 0.25) is 0 Å². The number of benzene rings is 1. The largest absolute Gasteiger partial charge is 0.451 e. The van der Waals surface area contributed by atoms with Crippen LogP contribution < -0.4 is 5.32 Å². The molecular weight excluding hydrogens is 324 g/mol. The molecule has 3 fully saturated rings. The molecule has 3 aliphatic heterocycles. The molecule has 3 aliphatic rings. The Bertz CT molecular complexity index is 768. The highest BCUT2D eigenvalue weighted by Crippen LogP contribution is 2.32. The van der Waals surface area contributed by atoms with Crippen molar-refractivity contribution in [3.8, 4) is 11.3 Å². The van der Waals surface area contributed by atoms with Crippen LogP contribution in [0.15, 0.2) is 40.8 Å². The molecule has 3 saturated heterocycles. The van der Waals surface area contributed by atoms with Crippen LogP contribution in [0.3, 0.4) is 0 Å². The first-order valence-electron chi connectivity index (χ1n) is 9.78. The third-order valence-corrected chi connectivity index (χ3v) is 6.17. The number of nitrogens with zero attached hydrogens (tertiary/aromatic N) is 1. The van der Waals surface area contributed by atoms with E-state index in [0.29, 0.717) is 23.6 Å². The topological polar surface area (TPSA) is 45.5 Å². The third kappa shape index (κ3) is 3.18. The fraction of sp³-hybridized carbons (Fsp3) is 0.500. The second-order valence-corrected chi connectivity index (χ2v) is 8.05.